The van der Waals surface area contributed by atoms with Crippen molar-refractivity contribution in [2.24, 2.45) is 0 Å². The number of amides is 1. The molecule has 4 aromatic rings. The molecule has 4 nitrogen and oxygen atoms in total. The standard InChI is InChI=1S/C40H47ClN2O2/c1-28-23-34-35(40(4,5)20-19-39(34,2)3)25-31(28)24-33-15-16-37(45-33)38(44)43(27-30-13-9-10-14-36(30)41)32-17-21-42(22-18-32)26-29-11-7-6-8-12-29/h6-16,23,25,32H,17-22,24,26-27H2,1-5H3. The minimum Gasteiger partial charge on any atom is -0.456 e. The number of piperidine rings is 1. The summed E-state index contributed by atoms with van der Waals surface area (Å²) < 4.78 is 6.35. The molecule has 2 aliphatic rings. The molecular formula is C40H47ClN2O2. The molecular weight excluding hydrogens is 576 g/mol. The van der Waals surface area contributed by atoms with Crippen LogP contribution in [0, 0.1) is 6.92 Å². The third kappa shape index (κ3) is 6.93. The van der Waals surface area contributed by atoms with Crippen LogP contribution in [0.25, 0.3) is 0 Å². The number of nitrogens with zero attached hydrogens (tertiary/aromatic N) is 2. The summed E-state index contributed by atoms with van der Waals surface area (Å²) in [7, 11) is 0. The Morgan fingerprint density at radius 2 is 1.51 bits per heavy atom. The fraction of sp³-hybridized carbons (Fsp3) is 0.425. The quantitative estimate of drug-likeness (QED) is 0.196. The first-order valence-electron chi connectivity index (χ1n) is 16.5. The molecule has 0 bridgehead atoms. The summed E-state index contributed by atoms with van der Waals surface area (Å²) in [4.78, 5) is 18.7. The number of benzene rings is 3. The van der Waals surface area contributed by atoms with Crippen LogP contribution in [0.4, 0.5) is 0 Å². The lowest BCUT2D eigenvalue weighted by Gasteiger charge is -2.42. The van der Waals surface area contributed by atoms with Gasteiger partial charge in [-0.2, -0.15) is 0 Å². The molecule has 1 saturated heterocycles. The first kappa shape index (κ1) is 31.6. The Morgan fingerprint density at radius 3 is 2.20 bits per heavy atom. The van der Waals surface area contributed by atoms with Crippen molar-refractivity contribution in [3.05, 3.63) is 129 Å². The van der Waals surface area contributed by atoms with Gasteiger partial charge < -0.3 is 9.32 Å². The number of rotatable bonds is 8. The number of hydrogen-bond acceptors (Lipinski definition) is 3. The summed E-state index contributed by atoms with van der Waals surface area (Å²) in [6.45, 7) is 15.0. The second-order valence-corrected chi connectivity index (χ2v) is 15.0. The van der Waals surface area contributed by atoms with E-state index in [2.05, 4.69) is 82.0 Å². The fourth-order valence-electron chi connectivity index (χ4n) is 7.28. The van der Waals surface area contributed by atoms with E-state index in [0.717, 1.165) is 43.8 Å². The maximum Gasteiger partial charge on any atom is 0.290 e. The maximum absolute atomic E-state index is 14.2. The van der Waals surface area contributed by atoms with Gasteiger partial charge in [0.25, 0.3) is 5.91 Å². The predicted octanol–water partition coefficient (Wildman–Crippen LogP) is 9.49. The number of halogens is 1. The van der Waals surface area contributed by atoms with Crippen LogP contribution < -0.4 is 0 Å². The van der Waals surface area contributed by atoms with E-state index < -0.39 is 0 Å². The molecule has 1 aromatic heterocycles. The molecule has 0 atom stereocenters. The molecule has 3 aromatic carbocycles. The van der Waals surface area contributed by atoms with Crippen LogP contribution in [0.3, 0.4) is 0 Å². The Morgan fingerprint density at radius 1 is 0.867 bits per heavy atom. The zero-order chi connectivity index (χ0) is 31.8. The van der Waals surface area contributed by atoms with E-state index in [-0.39, 0.29) is 22.8 Å². The molecule has 6 rings (SSSR count). The number of carbonyl (C=O) groups is 1. The van der Waals surface area contributed by atoms with Gasteiger partial charge in [0, 0.05) is 43.7 Å². The van der Waals surface area contributed by atoms with Gasteiger partial charge in [-0.05, 0) is 95.0 Å². The Balaban J connectivity index is 1.21. The van der Waals surface area contributed by atoms with E-state index in [1.807, 2.05) is 41.3 Å². The van der Waals surface area contributed by atoms with Crippen LogP contribution in [-0.4, -0.2) is 34.8 Å². The molecule has 0 spiro atoms. The summed E-state index contributed by atoms with van der Waals surface area (Å²) >= 11 is 6.60. The second-order valence-electron chi connectivity index (χ2n) is 14.6. The zero-order valence-corrected chi connectivity index (χ0v) is 28.3. The minimum absolute atomic E-state index is 0.0623. The van der Waals surface area contributed by atoms with Crippen molar-refractivity contribution in [2.75, 3.05) is 13.1 Å². The largest absolute Gasteiger partial charge is 0.456 e. The third-order valence-electron chi connectivity index (χ3n) is 10.4. The van der Waals surface area contributed by atoms with Crippen molar-refractivity contribution in [3.8, 4) is 0 Å². The smallest absolute Gasteiger partial charge is 0.290 e. The van der Waals surface area contributed by atoms with E-state index in [1.54, 1.807) is 0 Å². The summed E-state index contributed by atoms with van der Waals surface area (Å²) in [5.41, 5.74) is 8.09. The van der Waals surface area contributed by atoms with E-state index in [0.29, 0.717) is 23.7 Å². The molecule has 5 heteroatoms. The van der Waals surface area contributed by atoms with Crippen LogP contribution in [0.5, 0.6) is 0 Å². The van der Waals surface area contributed by atoms with Gasteiger partial charge in [0.05, 0.1) is 0 Å². The highest BCUT2D eigenvalue weighted by molar-refractivity contribution is 6.31. The lowest BCUT2D eigenvalue weighted by Crippen LogP contribution is -2.46. The molecule has 1 aliphatic carbocycles. The van der Waals surface area contributed by atoms with Gasteiger partial charge in [0.2, 0.25) is 0 Å². The highest BCUT2D eigenvalue weighted by Crippen LogP contribution is 2.46. The Kier molecular flexibility index (Phi) is 9.00. The van der Waals surface area contributed by atoms with E-state index in [1.165, 1.54) is 40.7 Å². The van der Waals surface area contributed by atoms with Crippen molar-refractivity contribution in [3.63, 3.8) is 0 Å². The zero-order valence-electron chi connectivity index (χ0n) is 27.5. The molecule has 0 radical (unpaired) electrons. The van der Waals surface area contributed by atoms with E-state index >= 15 is 0 Å². The lowest BCUT2D eigenvalue weighted by atomic mass is 9.62. The molecule has 0 unspecified atom stereocenters. The van der Waals surface area contributed by atoms with Crippen LogP contribution in [-0.2, 0) is 30.3 Å². The number of likely N-dealkylation sites (tertiary alicyclic amines) is 1. The average Bonchev–Trinajstić information content (AvgIpc) is 3.49. The molecule has 0 saturated carbocycles. The first-order chi connectivity index (χ1) is 21.5. The molecule has 1 amide bonds. The SMILES string of the molecule is Cc1cc2c(cc1Cc1ccc(C(=O)N(Cc3ccccc3Cl)C3CCN(Cc4ccccc4)CC3)o1)C(C)(C)CCC2(C)C. The van der Waals surface area contributed by atoms with Crippen LogP contribution in [0.1, 0.15) is 103 Å². The van der Waals surface area contributed by atoms with Crippen molar-refractivity contribution in [1.82, 2.24) is 9.80 Å². The van der Waals surface area contributed by atoms with Crippen LogP contribution in [0.2, 0.25) is 5.02 Å². The highest BCUT2D eigenvalue weighted by Gasteiger charge is 2.37. The summed E-state index contributed by atoms with van der Waals surface area (Å²) in [6.07, 6.45) is 4.88. The Labute approximate surface area is 274 Å². The van der Waals surface area contributed by atoms with Gasteiger partial charge in [-0.25, -0.2) is 0 Å². The number of furan rings is 1. The molecule has 1 aliphatic heterocycles. The summed E-state index contributed by atoms with van der Waals surface area (Å²) in [5, 5.41) is 0.686. The van der Waals surface area contributed by atoms with Gasteiger partial charge in [-0.15, -0.1) is 0 Å². The van der Waals surface area contributed by atoms with Gasteiger partial charge in [0.1, 0.15) is 5.76 Å². The Hall–Kier alpha value is -3.34. The number of hydrogen-bond donors (Lipinski definition) is 0. The van der Waals surface area contributed by atoms with Gasteiger partial charge in [-0.3, -0.25) is 9.69 Å². The highest BCUT2D eigenvalue weighted by atomic mass is 35.5. The van der Waals surface area contributed by atoms with Crippen molar-refractivity contribution >= 4 is 17.5 Å². The first-order valence-corrected chi connectivity index (χ1v) is 16.9. The topological polar surface area (TPSA) is 36.7 Å². The second kappa shape index (κ2) is 12.8. The van der Waals surface area contributed by atoms with Gasteiger partial charge in [-0.1, -0.05) is 100.0 Å². The molecule has 45 heavy (non-hydrogen) atoms. The summed E-state index contributed by atoms with van der Waals surface area (Å²) in [5.74, 6) is 1.17. The Bertz CT molecular complexity index is 1650. The number of fused-ring (bicyclic) bond motifs is 1. The van der Waals surface area contributed by atoms with Gasteiger partial charge >= 0.3 is 0 Å². The van der Waals surface area contributed by atoms with Crippen molar-refractivity contribution in [2.45, 2.75) is 96.7 Å². The molecule has 2 heterocycles. The maximum atomic E-state index is 14.2. The molecule has 236 valence electrons. The molecule has 0 N–H and O–H groups in total. The monoisotopic (exact) mass is 622 g/mol. The van der Waals surface area contributed by atoms with E-state index in [4.69, 9.17) is 16.0 Å². The van der Waals surface area contributed by atoms with Crippen molar-refractivity contribution in [1.29, 1.82) is 0 Å². The van der Waals surface area contributed by atoms with Crippen molar-refractivity contribution < 1.29 is 9.21 Å². The lowest BCUT2D eigenvalue weighted by molar-refractivity contribution is 0.0511. The average molecular weight is 623 g/mol. The normalized spacial score (nSPS) is 18.0. The van der Waals surface area contributed by atoms with Gasteiger partial charge in [0.15, 0.2) is 5.76 Å². The van der Waals surface area contributed by atoms with E-state index in [9.17, 15) is 4.79 Å². The van der Waals surface area contributed by atoms with Crippen LogP contribution >= 0.6 is 11.6 Å². The van der Waals surface area contributed by atoms with Crippen LogP contribution in [0.15, 0.2) is 83.3 Å². The fourth-order valence-corrected chi connectivity index (χ4v) is 7.48. The third-order valence-corrected chi connectivity index (χ3v) is 10.7. The predicted molar refractivity (Wildman–Crippen MR) is 184 cm³/mol. The molecule has 1 fully saturated rings. The number of carbonyl (C=O) groups excluding carboxylic acids is 1. The minimum atomic E-state index is -0.0623. The number of aryl methyl sites for hydroxylation is 1. The summed E-state index contributed by atoms with van der Waals surface area (Å²) in [6, 6.07) is 27.2.